The molecule has 3 N–H and O–H groups in total. The van der Waals surface area contributed by atoms with Crippen molar-refractivity contribution in [1.29, 1.82) is 0 Å². The fourth-order valence-corrected chi connectivity index (χ4v) is 1.48. The van der Waals surface area contributed by atoms with Crippen LogP contribution in [0.3, 0.4) is 0 Å². The molecule has 94 valence electrons. The highest BCUT2D eigenvalue weighted by Gasteiger charge is 2.12. The maximum atomic E-state index is 10.9. The first-order chi connectivity index (χ1) is 8.47. The smallest absolute Gasteiger partial charge is 0.338 e. The molecule has 0 saturated carbocycles. The van der Waals surface area contributed by atoms with Crippen molar-refractivity contribution < 1.29 is 14.6 Å². The lowest BCUT2D eigenvalue weighted by molar-refractivity contribution is 0.0697. The Morgan fingerprint density at radius 1 is 1.50 bits per heavy atom. The van der Waals surface area contributed by atoms with Gasteiger partial charge in [0.15, 0.2) is 0 Å². The van der Waals surface area contributed by atoms with E-state index in [1.807, 2.05) is 6.92 Å². The summed E-state index contributed by atoms with van der Waals surface area (Å²) < 4.78 is 6.98. The molecule has 0 saturated heterocycles. The molecule has 0 bridgehead atoms. The number of aromatic carboxylic acids is 1. The van der Waals surface area contributed by atoms with Crippen molar-refractivity contribution in [2.75, 3.05) is 5.73 Å². The van der Waals surface area contributed by atoms with Gasteiger partial charge in [0.1, 0.15) is 0 Å². The molecule has 0 aliphatic rings. The first-order valence-electron chi connectivity index (χ1n) is 5.14. The second-order valence-electron chi connectivity index (χ2n) is 3.76. The Kier molecular flexibility index (Phi) is 2.88. The maximum Gasteiger partial charge on any atom is 0.338 e. The van der Waals surface area contributed by atoms with Crippen LogP contribution in [0.15, 0.2) is 18.3 Å². The van der Waals surface area contributed by atoms with Gasteiger partial charge in [0.2, 0.25) is 11.8 Å². The standard InChI is InChI=1S/C11H12N4O3/c1-6-3-10(15(2)14-6)18-9-4-7(11(16)17)8(12)5-13-9/h3-5H,12H2,1-2H3,(H,16,17). The molecule has 2 rings (SSSR count). The number of pyridine rings is 1. The molecule has 2 heterocycles. The normalized spacial score (nSPS) is 10.3. The van der Waals surface area contributed by atoms with Crippen LogP contribution in [0.1, 0.15) is 16.1 Å². The number of rotatable bonds is 3. The van der Waals surface area contributed by atoms with Crippen molar-refractivity contribution in [2.24, 2.45) is 7.05 Å². The van der Waals surface area contributed by atoms with Crippen molar-refractivity contribution in [3.05, 3.63) is 29.6 Å². The van der Waals surface area contributed by atoms with Crippen molar-refractivity contribution in [3.63, 3.8) is 0 Å². The lowest BCUT2D eigenvalue weighted by atomic mass is 10.2. The summed E-state index contributed by atoms with van der Waals surface area (Å²) in [6, 6.07) is 3.00. The average molecular weight is 248 g/mol. The predicted molar refractivity (Wildman–Crippen MR) is 63.6 cm³/mol. The van der Waals surface area contributed by atoms with Crippen molar-refractivity contribution in [3.8, 4) is 11.8 Å². The Morgan fingerprint density at radius 3 is 2.78 bits per heavy atom. The first kappa shape index (κ1) is 11.9. The molecule has 0 atom stereocenters. The van der Waals surface area contributed by atoms with Crippen LogP contribution in [0.5, 0.6) is 11.8 Å². The molecule has 0 aromatic carbocycles. The fourth-order valence-electron chi connectivity index (χ4n) is 1.48. The van der Waals surface area contributed by atoms with Gasteiger partial charge in [0, 0.05) is 19.2 Å². The number of hydrogen-bond acceptors (Lipinski definition) is 5. The average Bonchev–Trinajstić information content (AvgIpc) is 2.60. The van der Waals surface area contributed by atoms with E-state index in [1.165, 1.54) is 16.9 Å². The molecule has 7 nitrogen and oxygen atoms in total. The van der Waals surface area contributed by atoms with Gasteiger partial charge < -0.3 is 15.6 Å². The summed E-state index contributed by atoms with van der Waals surface area (Å²) in [5, 5.41) is 13.0. The topological polar surface area (TPSA) is 103 Å². The zero-order valence-corrected chi connectivity index (χ0v) is 9.91. The molecule has 0 unspecified atom stereocenters. The molecule has 0 amide bonds. The highest BCUT2D eigenvalue weighted by molar-refractivity contribution is 5.93. The van der Waals surface area contributed by atoms with Crippen LogP contribution in [-0.2, 0) is 7.05 Å². The van der Waals surface area contributed by atoms with Gasteiger partial charge in [-0.3, -0.25) is 0 Å². The van der Waals surface area contributed by atoms with Crippen LogP contribution in [0.2, 0.25) is 0 Å². The number of anilines is 1. The van der Waals surface area contributed by atoms with Crippen LogP contribution < -0.4 is 10.5 Å². The van der Waals surface area contributed by atoms with Crippen LogP contribution in [-0.4, -0.2) is 25.8 Å². The minimum Gasteiger partial charge on any atom is -0.478 e. The molecule has 0 fully saturated rings. The molecule has 0 spiro atoms. The second-order valence-corrected chi connectivity index (χ2v) is 3.76. The van der Waals surface area contributed by atoms with Gasteiger partial charge >= 0.3 is 5.97 Å². The maximum absolute atomic E-state index is 10.9. The highest BCUT2D eigenvalue weighted by atomic mass is 16.5. The van der Waals surface area contributed by atoms with E-state index in [-0.39, 0.29) is 17.1 Å². The summed E-state index contributed by atoms with van der Waals surface area (Å²) in [6.07, 6.45) is 1.25. The van der Waals surface area contributed by atoms with E-state index < -0.39 is 5.97 Å². The SMILES string of the molecule is Cc1cc(Oc2cc(C(=O)O)c(N)cn2)n(C)n1. The third kappa shape index (κ3) is 2.24. The predicted octanol–water partition coefficient (Wildman–Crippen LogP) is 1.20. The van der Waals surface area contributed by atoms with Gasteiger partial charge in [-0.05, 0) is 6.92 Å². The summed E-state index contributed by atoms with van der Waals surface area (Å²) in [5.74, 6) is -0.494. The highest BCUT2D eigenvalue weighted by Crippen LogP contribution is 2.22. The molecular weight excluding hydrogens is 236 g/mol. The van der Waals surface area contributed by atoms with E-state index in [0.29, 0.717) is 5.88 Å². The number of carboxylic acid groups (broad SMARTS) is 1. The molecular formula is C11H12N4O3. The summed E-state index contributed by atoms with van der Waals surface area (Å²) in [5.41, 5.74) is 6.35. The Morgan fingerprint density at radius 2 is 2.22 bits per heavy atom. The third-order valence-corrected chi connectivity index (χ3v) is 2.31. The fraction of sp³-hybridized carbons (Fsp3) is 0.182. The van der Waals surface area contributed by atoms with Gasteiger partial charge in [-0.15, -0.1) is 0 Å². The van der Waals surface area contributed by atoms with E-state index in [1.54, 1.807) is 13.1 Å². The summed E-state index contributed by atoms with van der Waals surface area (Å²) >= 11 is 0. The minimum atomic E-state index is -1.12. The molecule has 0 aliphatic carbocycles. The monoisotopic (exact) mass is 248 g/mol. The zero-order chi connectivity index (χ0) is 13.3. The van der Waals surface area contributed by atoms with Crippen LogP contribution >= 0.6 is 0 Å². The Balaban J connectivity index is 2.32. The molecule has 0 radical (unpaired) electrons. The van der Waals surface area contributed by atoms with E-state index >= 15 is 0 Å². The number of nitrogens with zero attached hydrogens (tertiary/aromatic N) is 3. The quantitative estimate of drug-likeness (QED) is 0.845. The number of aromatic nitrogens is 3. The molecule has 2 aromatic rings. The number of aryl methyl sites for hydroxylation is 2. The zero-order valence-electron chi connectivity index (χ0n) is 9.91. The van der Waals surface area contributed by atoms with Crippen LogP contribution in [0.25, 0.3) is 0 Å². The van der Waals surface area contributed by atoms with Crippen molar-refractivity contribution in [2.45, 2.75) is 6.92 Å². The number of hydrogen-bond donors (Lipinski definition) is 2. The molecule has 18 heavy (non-hydrogen) atoms. The molecule has 2 aromatic heterocycles. The molecule has 7 heteroatoms. The lowest BCUT2D eigenvalue weighted by Crippen LogP contribution is -2.04. The Bertz CT molecular complexity index is 606. The van der Waals surface area contributed by atoms with Gasteiger partial charge in [-0.1, -0.05) is 0 Å². The Labute approximate surface area is 103 Å². The third-order valence-electron chi connectivity index (χ3n) is 2.31. The van der Waals surface area contributed by atoms with E-state index in [4.69, 9.17) is 15.6 Å². The number of nitrogens with two attached hydrogens (primary N) is 1. The van der Waals surface area contributed by atoms with Crippen molar-refractivity contribution in [1.82, 2.24) is 14.8 Å². The van der Waals surface area contributed by atoms with Crippen LogP contribution in [0.4, 0.5) is 5.69 Å². The summed E-state index contributed by atoms with van der Waals surface area (Å²) in [6.45, 7) is 1.83. The number of carbonyl (C=O) groups is 1. The first-order valence-corrected chi connectivity index (χ1v) is 5.14. The second kappa shape index (κ2) is 4.36. The van der Waals surface area contributed by atoms with Gasteiger partial charge in [0.05, 0.1) is 23.1 Å². The molecule has 0 aliphatic heterocycles. The number of carboxylic acids is 1. The van der Waals surface area contributed by atoms with E-state index in [2.05, 4.69) is 10.1 Å². The van der Waals surface area contributed by atoms with E-state index in [9.17, 15) is 4.79 Å². The lowest BCUT2D eigenvalue weighted by Gasteiger charge is -2.06. The van der Waals surface area contributed by atoms with Gasteiger partial charge in [-0.25, -0.2) is 14.5 Å². The summed E-state index contributed by atoms with van der Waals surface area (Å²) in [7, 11) is 1.72. The van der Waals surface area contributed by atoms with Crippen LogP contribution in [0, 0.1) is 6.92 Å². The Hall–Kier alpha value is -2.57. The number of nitrogen functional groups attached to an aromatic ring is 1. The minimum absolute atomic E-state index is 0.0427. The summed E-state index contributed by atoms with van der Waals surface area (Å²) in [4.78, 5) is 14.8. The van der Waals surface area contributed by atoms with Crippen molar-refractivity contribution >= 4 is 11.7 Å². The van der Waals surface area contributed by atoms with Gasteiger partial charge in [-0.2, -0.15) is 5.10 Å². The van der Waals surface area contributed by atoms with E-state index in [0.717, 1.165) is 5.69 Å². The number of ether oxygens (including phenoxy) is 1. The van der Waals surface area contributed by atoms with Gasteiger partial charge in [0.25, 0.3) is 0 Å². The largest absolute Gasteiger partial charge is 0.478 e.